The lowest BCUT2D eigenvalue weighted by Crippen LogP contribution is -2.29. The summed E-state index contributed by atoms with van der Waals surface area (Å²) in [4.78, 5) is 0.475. The van der Waals surface area contributed by atoms with E-state index in [2.05, 4.69) is 38.2 Å². The maximum absolute atomic E-state index is 5.69. The number of aryl methyl sites for hydroxylation is 1. The molecule has 1 aromatic rings. The first-order chi connectivity index (χ1) is 8.87. The molecule has 104 valence electrons. The average molecular weight is 276 g/mol. The first-order valence-electron chi connectivity index (χ1n) is 7.04. The lowest BCUT2D eigenvalue weighted by Gasteiger charge is -2.35. The third kappa shape index (κ3) is 3.69. The predicted molar refractivity (Wildman–Crippen MR) is 86.7 cm³/mol. The van der Waals surface area contributed by atoms with Gasteiger partial charge in [0.2, 0.25) is 0 Å². The third-order valence-electron chi connectivity index (χ3n) is 4.20. The molecule has 0 spiro atoms. The molecule has 19 heavy (non-hydrogen) atoms. The monoisotopic (exact) mass is 276 g/mol. The van der Waals surface area contributed by atoms with E-state index >= 15 is 0 Å². The predicted octanol–water partition coefficient (Wildman–Crippen LogP) is 4.01. The molecule has 0 heterocycles. The van der Waals surface area contributed by atoms with Gasteiger partial charge in [-0.05, 0) is 61.8 Å². The van der Waals surface area contributed by atoms with E-state index in [9.17, 15) is 0 Å². The third-order valence-corrected chi connectivity index (χ3v) is 4.42. The summed E-state index contributed by atoms with van der Waals surface area (Å²) in [5, 5.41) is 3.64. The standard InChI is InChI=1S/C16H24N2S/c1-11-10-13(4-5-14(11)15(17)19)18-12-6-8-16(2,3)9-7-12/h4-5,10,12,18H,6-9H2,1-3H3,(H2,17,19). The summed E-state index contributed by atoms with van der Waals surface area (Å²) >= 11 is 5.04. The molecule has 3 heteroatoms. The van der Waals surface area contributed by atoms with Gasteiger partial charge in [0.15, 0.2) is 0 Å². The molecule has 1 aliphatic rings. The molecule has 0 aliphatic heterocycles. The van der Waals surface area contributed by atoms with Crippen LogP contribution in [0.3, 0.4) is 0 Å². The molecule has 0 bridgehead atoms. The fourth-order valence-corrected chi connectivity index (χ4v) is 3.04. The van der Waals surface area contributed by atoms with E-state index in [0.717, 1.165) is 11.1 Å². The summed E-state index contributed by atoms with van der Waals surface area (Å²) in [7, 11) is 0. The Morgan fingerprint density at radius 2 is 1.95 bits per heavy atom. The first kappa shape index (κ1) is 14.3. The highest BCUT2D eigenvalue weighted by Gasteiger charge is 2.26. The molecule has 1 aliphatic carbocycles. The van der Waals surface area contributed by atoms with Crippen LogP contribution in [0.5, 0.6) is 0 Å². The average Bonchev–Trinajstić information content (AvgIpc) is 2.31. The molecule has 0 unspecified atom stereocenters. The van der Waals surface area contributed by atoms with Crippen LogP contribution in [0.1, 0.15) is 50.7 Å². The number of rotatable bonds is 3. The van der Waals surface area contributed by atoms with Gasteiger partial charge >= 0.3 is 0 Å². The number of anilines is 1. The van der Waals surface area contributed by atoms with Crippen LogP contribution >= 0.6 is 12.2 Å². The van der Waals surface area contributed by atoms with Crippen molar-refractivity contribution in [2.45, 2.75) is 52.5 Å². The van der Waals surface area contributed by atoms with Crippen LogP contribution in [0, 0.1) is 12.3 Å². The summed E-state index contributed by atoms with van der Waals surface area (Å²) in [6.07, 6.45) is 5.11. The second-order valence-electron chi connectivity index (χ2n) is 6.48. The van der Waals surface area contributed by atoms with Crippen molar-refractivity contribution < 1.29 is 0 Å². The Morgan fingerprint density at radius 3 is 2.47 bits per heavy atom. The Bertz CT molecular complexity index is 470. The molecule has 0 aromatic heterocycles. The van der Waals surface area contributed by atoms with Gasteiger partial charge in [-0.3, -0.25) is 0 Å². The molecular formula is C16H24N2S. The maximum Gasteiger partial charge on any atom is 0.104 e. The molecule has 2 nitrogen and oxygen atoms in total. The highest BCUT2D eigenvalue weighted by atomic mass is 32.1. The first-order valence-corrected chi connectivity index (χ1v) is 7.45. The van der Waals surface area contributed by atoms with Crippen molar-refractivity contribution in [3.8, 4) is 0 Å². The van der Waals surface area contributed by atoms with Crippen LogP contribution in [0.15, 0.2) is 18.2 Å². The second-order valence-corrected chi connectivity index (χ2v) is 6.92. The summed E-state index contributed by atoms with van der Waals surface area (Å²) < 4.78 is 0. The fourth-order valence-electron chi connectivity index (χ4n) is 2.81. The fraction of sp³-hybridized carbons (Fsp3) is 0.562. The van der Waals surface area contributed by atoms with E-state index in [1.807, 2.05) is 6.07 Å². The van der Waals surface area contributed by atoms with E-state index in [1.165, 1.54) is 31.4 Å². The van der Waals surface area contributed by atoms with Crippen LogP contribution in [-0.2, 0) is 0 Å². The number of nitrogens with one attached hydrogen (secondary N) is 1. The zero-order chi connectivity index (χ0) is 14.0. The highest BCUT2D eigenvalue weighted by molar-refractivity contribution is 7.80. The topological polar surface area (TPSA) is 38.0 Å². The number of nitrogens with two attached hydrogens (primary N) is 1. The van der Waals surface area contributed by atoms with Gasteiger partial charge in [-0.1, -0.05) is 26.1 Å². The number of hydrogen-bond donors (Lipinski definition) is 2. The van der Waals surface area contributed by atoms with Crippen LogP contribution in [0.25, 0.3) is 0 Å². The number of benzene rings is 1. The summed E-state index contributed by atoms with van der Waals surface area (Å²) in [6.45, 7) is 6.79. The quantitative estimate of drug-likeness (QED) is 0.819. The van der Waals surface area contributed by atoms with E-state index < -0.39 is 0 Å². The minimum atomic E-state index is 0.475. The zero-order valence-corrected chi connectivity index (χ0v) is 12.9. The lowest BCUT2D eigenvalue weighted by atomic mass is 9.75. The van der Waals surface area contributed by atoms with Crippen LogP contribution in [-0.4, -0.2) is 11.0 Å². The highest BCUT2D eigenvalue weighted by Crippen LogP contribution is 2.36. The Balaban J connectivity index is 2.01. The SMILES string of the molecule is Cc1cc(NC2CCC(C)(C)CC2)ccc1C(N)=S. The normalized spacial score (nSPS) is 19.1. The Labute approximate surface area is 121 Å². The van der Waals surface area contributed by atoms with Gasteiger partial charge in [-0.2, -0.15) is 0 Å². The molecular weight excluding hydrogens is 252 g/mol. The van der Waals surface area contributed by atoms with Crippen molar-refractivity contribution in [3.05, 3.63) is 29.3 Å². The Hall–Kier alpha value is -1.09. The molecule has 1 fully saturated rings. The van der Waals surface area contributed by atoms with Gasteiger partial charge in [-0.15, -0.1) is 0 Å². The van der Waals surface area contributed by atoms with E-state index in [1.54, 1.807) is 0 Å². The molecule has 1 saturated carbocycles. The number of hydrogen-bond acceptors (Lipinski definition) is 2. The minimum absolute atomic E-state index is 0.475. The minimum Gasteiger partial charge on any atom is -0.389 e. The Kier molecular flexibility index (Phi) is 4.14. The molecule has 1 aromatic carbocycles. The van der Waals surface area contributed by atoms with Crippen molar-refractivity contribution >= 4 is 22.9 Å². The zero-order valence-electron chi connectivity index (χ0n) is 12.1. The molecule has 2 rings (SSSR count). The smallest absolute Gasteiger partial charge is 0.104 e. The van der Waals surface area contributed by atoms with Gasteiger partial charge < -0.3 is 11.1 Å². The number of thiocarbonyl (C=S) groups is 1. The van der Waals surface area contributed by atoms with Crippen molar-refractivity contribution in [3.63, 3.8) is 0 Å². The lowest BCUT2D eigenvalue weighted by molar-refractivity contribution is 0.232. The van der Waals surface area contributed by atoms with Crippen molar-refractivity contribution in [2.24, 2.45) is 11.1 Å². The van der Waals surface area contributed by atoms with Crippen LogP contribution < -0.4 is 11.1 Å². The van der Waals surface area contributed by atoms with Crippen molar-refractivity contribution in [1.82, 2.24) is 0 Å². The molecule has 0 amide bonds. The van der Waals surface area contributed by atoms with Crippen LogP contribution in [0.4, 0.5) is 5.69 Å². The van der Waals surface area contributed by atoms with E-state index in [0.29, 0.717) is 16.4 Å². The molecule has 0 atom stereocenters. The largest absolute Gasteiger partial charge is 0.389 e. The maximum atomic E-state index is 5.69. The summed E-state index contributed by atoms with van der Waals surface area (Å²) in [5.41, 5.74) is 9.51. The Morgan fingerprint density at radius 1 is 1.32 bits per heavy atom. The van der Waals surface area contributed by atoms with Gasteiger partial charge in [0.05, 0.1) is 0 Å². The van der Waals surface area contributed by atoms with E-state index in [-0.39, 0.29) is 0 Å². The van der Waals surface area contributed by atoms with Gasteiger partial charge in [0.25, 0.3) is 0 Å². The van der Waals surface area contributed by atoms with Crippen molar-refractivity contribution in [2.75, 3.05) is 5.32 Å². The summed E-state index contributed by atoms with van der Waals surface area (Å²) in [5.74, 6) is 0. The second kappa shape index (κ2) is 5.49. The summed E-state index contributed by atoms with van der Waals surface area (Å²) in [6, 6.07) is 6.85. The van der Waals surface area contributed by atoms with Gasteiger partial charge in [0.1, 0.15) is 4.99 Å². The van der Waals surface area contributed by atoms with Gasteiger partial charge in [0, 0.05) is 17.3 Å². The van der Waals surface area contributed by atoms with Gasteiger partial charge in [-0.25, -0.2) is 0 Å². The molecule has 0 saturated heterocycles. The molecule has 0 radical (unpaired) electrons. The van der Waals surface area contributed by atoms with Crippen molar-refractivity contribution in [1.29, 1.82) is 0 Å². The van der Waals surface area contributed by atoms with E-state index in [4.69, 9.17) is 18.0 Å². The van der Waals surface area contributed by atoms with Crippen LogP contribution in [0.2, 0.25) is 0 Å². The molecule has 3 N–H and O–H groups in total.